The van der Waals surface area contributed by atoms with Crippen molar-refractivity contribution >= 4 is 17.0 Å². The highest BCUT2D eigenvalue weighted by Crippen LogP contribution is 2.27. The summed E-state index contributed by atoms with van der Waals surface area (Å²) in [5.74, 6) is 1.50. The van der Waals surface area contributed by atoms with Gasteiger partial charge in [-0.05, 0) is 30.9 Å². The van der Waals surface area contributed by atoms with Crippen molar-refractivity contribution in [2.24, 2.45) is 13.0 Å². The molecule has 1 heterocycles. The first-order valence-corrected chi connectivity index (χ1v) is 6.07. The predicted molar refractivity (Wildman–Crippen MR) is 67.9 cm³/mol. The van der Waals surface area contributed by atoms with E-state index in [1.54, 1.807) is 0 Å². The van der Waals surface area contributed by atoms with Gasteiger partial charge in [0.15, 0.2) is 0 Å². The zero-order valence-corrected chi connectivity index (χ0v) is 9.93. The first-order chi connectivity index (χ1) is 8.24. The molecule has 4 nitrogen and oxygen atoms in total. The summed E-state index contributed by atoms with van der Waals surface area (Å²) in [5.41, 5.74) is 2.16. The van der Waals surface area contributed by atoms with Crippen LogP contribution in [0.1, 0.15) is 12.8 Å². The molecule has 1 aromatic carbocycles. The average molecular weight is 231 g/mol. The van der Waals surface area contributed by atoms with Crippen LogP contribution in [0.2, 0.25) is 0 Å². The van der Waals surface area contributed by atoms with E-state index >= 15 is 0 Å². The van der Waals surface area contributed by atoms with Crippen LogP contribution in [0.3, 0.4) is 0 Å². The Morgan fingerprint density at radius 2 is 2.18 bits per heavy atom. The number of nitrogens with zero attached hydrogens (tertiary/aromatic N) is 2. The number of hydrogen-bond acceptors (Lipinski definition) is 3. The fraction of sp³-hybridized carbons (Fsp3) is 0.462. The fourth-order valence-corrected chi connectivity index (χ4v) is 2.41. The Morgan fingerprint density at radius 1 is 1.41 bits per heavy atom. The number of anilines is 1. The first-order valence-electron chi connectivity index (χ1n) is 6.07. The van der Waals surface area contributed by atoms with Gasteiger partial charge < -0.3 is 15.0 Å². The number of nitrogens with one attached hydrogen (secondary N) is 1. The van der Waals surface area contributed by atoms with Crippen LogP contribution in [-0.4, -0.2) is 27.3 Å². The van der Waals surface area contributed by atoms with Crippen molar-refractivity contribution in [1.29, 1.82) is 0 Å². The van der Waals surface area contributed by atoms with Crippen molar-refractivity contribution < 1.29 is 5.11 Å². The Bertz CT molecular complexity index is 528. The molecule has 0 bridgehead atoms. The molecule has 0 spiro atoms. The molecule has 1 aromatic heterocycles. The van der Waals surface area contributed by atoms with Gasteiger partial charge in [-0.1, -0.05) is 12.1 Å². The van der Waals surface area contributed by atoms with Gasteiger partial charge in [0.2, 0.25) is 5.95 Å². The molecule has 3 rings (SSSR count). The highest BCUT2D eigenvalue weighted by atomic mass is 16.3. The Balaban J connectivity index is 1.74. The number of hydrogen-bond donors (Lipinski definition) is 2. The van der Waals surface area contributed by atoms with E-state index in [2.05, 4.69) is 20.9 Å². The molecule has 1 aliphatic carbocycles. The van der Waals surface area contributed by atoms with Crippen molar-refractivity contribution in [3.8, 4) is 0 Å². The van der Waals surface area contributed by atoms with Gasteiger partial charge in [-0.3, -0.25) is 0 Å². The predicted octanol–water partition coefficient (Wildman–Crippen LogP) is 1.76. The van der Waals surface area contributed by atoms with Crippen LogP contribution < -0.4 is 5.32 Å². The number of aliphatic hydroxyl groups is 1. The number of aliphatic hydroxyl groups excluding tert-OH is 1. The van der Waals surface area contributed by atoms with E-state index in [1.807, 2.05) is 25.2 Å². The second-order valence-electron chi connectivity index (χ2n) is 4.86. The summed E-state index contributed by atoms with van der Waals surface area (Å²) in [6.45, 7) is 0.897. The minimum atomic E-state index is -0.0813. The Labute approximate surface area is 100 Å². The molecule has 4 heteroatoms. The molecule has 1 fully saturated rings. The minimum Gasteiger partial charge on any atom is -0.393 e. The van der Waals surface area contributed by atoms with Gasteiger partial charge in [-0.15, -0.1) is 0 Å². The third-order valence-corrected chi connectivity index (χ3v) is 3.55. The summed E-state index contributed by atoms with van der Waals surface area (Å²) < 4.78 is 2.07. The summed E-state index contributed by atoms with van der Waals surface area (Å²) in [6.07, 6.45) is 1.75. The van der Waals surface area contributed by atoms with Crippen LogP contribution in [0.25, 0.3) is 11.0 Å². The van der Waals surface area contributed by atoms with E-state index in [4.69, 9.17) is 0 Å². The highest BCUT2D eigenvalue weighted by Gasteiger charge is 2.26. The molecule has 2 N–H and O–H groups in total. The molecule has 1 aliphatic rings. The first kappa shape index (κ1) is 10.6. The molecule has 0 atom stereocenters. The van der Waals surface area contributed by atoms with Gasteiger partial charge in [-0.25, -0.2) is 4.98 Å². The van der Waals surface area contributed by atoms with E-state index < -0.39 is 0 Å². The van der Waals surface area contributed by atoms with Gasteiger partial charge in [-0.2, -0.15) is 0 Å². The number of benzene rings is 1. The van der Waals surface area contributed by atoms with E-state index in [-0.39, 0.29) is 6.10 Å². The minimum absolute atomic E-state index is 0.0813. The molecule has 0 aliphatic heterocycles. The summed E-state index contributed by atoms with van der Waals surface area (Å²) in [6, 6.07) is 8.12. The second kappa shape index (κ2) is 4.04. The molecular formula is C13H17N3O. The number of imidazole rings is 1. The fourth-order valence-electron chi connectivity index (χ4n) is 2.41. The molecule has 0 amide bonds. The van der Waals surface area contributed by atoms with Crippen LogP contribution in [0.4, 0.5) is 5.95 Å². The lowest BCUT2D eigenvalue weighted by Crippen LogP contribution is -2.33. The monoisotopic (exact) mass is 231 g/mol. The van der Waals surface area contributed by atoms with Crippen molar-refractivity contribution in [2.45, 2.75) is 18.9 Å². The van der Waals surface area contributed by atoms with E-state index in [0.717, 1.165) is 36.4 Å². The molecule has 0 radical (unpaired) electrons. The zero-order chi connectivity index (χ0) is 11.8. The smallest absolute Gasteiger partial charge is 0.203 e. The van der Waals surface area contributed by atoms with Crippen molar-refractivity contribution in [2.75, 3.05) is 11.9 Å². The molecule has 90 valence electrons. The zero-order valence-electron chi connectivity index (χ0n) is 9.93. The number of aryl methyl sites for hydroxylation is 1. The maximum atomic E-state index is 9.24. The second-order valence-corrected chi connectivity index (χ2v) is 4.86. The lowest BCUT2D eigenvalue weighted by molar-refractivity contribution is 0.0486. The van der Waals surface area contributed by atoms with Crippen molar-refractivity contribution in [3.05, 3.63) is 24.3 Å². The highest BCUT2D eigenvalue weighted by molar-refractivity contribution is 5.78. The third kappa shape index (κ3) is 1.89. The van der Waals surface area contributed by atoms with Crippen molar-refractivity contribution in [3.63, 3.8) is 0 Å². The molecule has 1 saturated carbocycles. The van der Waals surface area contributed by atoms with Gasteiger partial charge >= 0.3 is 0 Å². The maximum absolute atomic E-state index is 9.24. The molecule has 0 unspecified atom stereocenters. The lowest BCUT2D eigenvalue weighted by Gasteiger charge is -2.31. The number of aromatic nitrogens is 2. The van der Waals surface area contributed by atoms with Gasteiger partial charge in [0.1, 0.15) is 0 Å². The maximum Gasteiger partial charge on any atom is 0.203 e. The van der Waals surface area contributed by atoms with Crippen LogP contribution in [0, 0.1) is 5.92 Å². The topological polar surface area (TPSA) is 50.1 Å². The number of fused-ring (bicyclic) bond motifs is 1. The lowest BCUT2D eigenvalue weighted by atomic mass is 9.82. The van der Waals surface area contributed by atoms with E-state index in [9.17, 15) is 5.11 Å². The summed E-state index contributed by atoms with van der Waals surface area (Å²) >= 11 is 0. The summed E-state index contributed by atoms with van der Waals surface area (Å²) in [5, 5.41) is 12.6. The van der Waals surface area contributed by atoms with E-state index in [1.165, 1.54) is 0 Å². The van der Waals surface area contributed by atoms with Crippen LogP contribution in [-0.2, 0) is 7.05 Å². The Morgan fingerprint density at radius 3 is 2.88 bits per heavy atom. The van der Waals surface area contributed by atoms with Gasteiger partial charge in [0, 0.05) is 13.6 Å². The number of rotatable bonds is 3. The molecule has 0 saturated heterocycles. The molecule has 2 aromatic rings. The third-order valence-electron chi connectivity index (χ3n) is 3.55. The van der Waals surface area contributed by atoms with Crippen molar-refractivity contribution in [1.82, 2.24) is 9.55 Å². The SMILES string of the molecule is Cn1c(NCC2CC(O)C2)nc2ccccc21. The van der Waals surface area contributed by atoms with Crippen LogP contribution in [0.15, 0.2) is 24.3 Å². The van der Waals surface area contributed by atoms with Gasteiger partial charge in [0.05, 0.1) is 17.1 Å². The van der Waals surface area contributed by atoms with Crippen LogP contribution >= 0.6 is 0 Å². The quantitative estimate of drug-likeness (QED) is 0.846. The Kier molecular flexibility index (Phi) is 2.52. The average Bonchev–Trinajstić information content (AvgIpc) is 2.61. The standard InChI is InChI=1S/C13H17N3O/c1-16-12-5-3-2-4-11(12)15-13(16)14-8-9-6-10(17)7-9/h2-5,9-10,17H,6-8H2,1H3,(H,14,15). The summed E-state index contributed by atoms with van der Waals surface area (Å²) in [7, 11) is 2.02. The molecule has 17 heavy (non-hydrogen) atoms. The molecular weight excluding hydrogens is 214 g/mol. The largest absolute Gasteiger partial charge is 0.393 e. The van der Waals surface area contributed by atoms with Gasteiger partial charge in [0.25, 0.3) is 0 Å². The Hall–Kier alpha value is -1.55. The van der Waals surface area contributed by atoms with Crippen LogP contribution in [0.5, 0.6) is 0 Å². The van der Waals surface area contributed by atoms with E-state index in [0.29, 0.717) is 5.92 Å². The summed E-state index contributed by atoms with van der Waals surface area (Å²) in [4.78, 5) is 4.55. The number of para-hydroxylation sites is 2. The normalized spacial score (nSPS) is 23.6.